The van der Waals surface area contributed by atoms with Gasteiger partial charge in [0.15, 0.2) is 0 Å². The number of rotatable bonds is 50. The third kappa shape index (κ3) is 47.6. The van der Waals surface area contributed by atoms with Crippen LogP contribution >= 0.6 is 0 Å². The topological polar surface area (TPSA) is 95.9 Å². The number of aliphatic hydroxyl groups is 2. The highest BCUT2D eigenvalue weighted by atomic mass is 16.5. The molecule has 0 aromatic carbocycles. The number of hydrogen-bond donors (Lipinski definition) is 3. The van der Waals surface area contributed by atoms with E-state index in [0.29, 0.717) is 19.4 Å². The standard InChI is InChI=1S/C56H105NO5/c1-3-5-7-9-11-13-15-17-22-26-30-34-38-42-46-50-56(61)62-51-47-43-39-35-31-27-24-21-19-18-20-23-25-29-33-37-41-45-49-55(60)57-53(52-58)54(59)48-44-40-36-32-28-16-14-12-10-8-6-4-2/h11,13,17,22,44,48,53-54,58-59H,3-10,12,14-16,18-21,23-43,45-47,49-52H2,1-2H3,(H,57,60)/b13-11-,22-17-,48-44+. The van der Waals surface area contributed by atoms with E-state index in [-0.39, 0.29) is 18.5 Å². The van der Waals surface area contributed by atoms with Crippen LogP contribution in [0.5, 0.6) is 0 Å². The molecule has 0 aliphatic heterocycles. The van der Waals surface area contributed by atoms with Crippen LogP contribution in [0, 0.1) is 0 Å². The smallest absolute Gasteiger partial charge is 0.305 e. The predicted molar refractivity (Wildman–Crippen MR) is 269 cm³/mol. The van der Waals surface area contributed by atoms with E-state index in [0.717, 1.165) is 51.4 Å². The van der Waals surface area contributed by atoms with Crippen molar-refractivity contribution in [2.45, 2.75) is 296 Å². The predicted octanol–water partition coefficient (Wildman–Crippen LogP) is 16.5. The fourth-order valence-electron chi connectivity index (χ4n) is 8.19. The summed E-state index contributed by atoms with van der Waals surface area (Å²) < 4.78 is 5.47. The summed E-state index contributed by atoms with van der Waals surface area (Å²) in [5.41, 5.74) is 0. The minimum atomic E-state index is -0.846. The summed E-state index contributed by atoms with van der Waals surface area (Å²) in [6.07, 6.45) is 62.9. The van der Waals surface area contributed by atoms with Gasteiger partial charge >= 0.3 is 5.97 Å². The van der Waals surface area contributed by atoms with E-state index in [9.17, 15) is 19.8 Å². The minimum absolute atomic E-state index is 0.00803. The molecule has 0 bridgehead atoms. The van der Waals surface area contributed by atoms with Crippen molar-refractivity contribution in [2.75, 3.05) is 13.2 Å². The number of amides is 1. The fraction of sp³-hybridized carbons (Fsp3) is 0.857. The summed E-state index contributed by atoms with van der Waals surface area (Å²) in [5.74, 6) is -0.0815. The van der Waals surface area contributed by atoms with Gasteiger partial charge in [-0.1, -0.05) is 243 Å². The number of hydrogen-bond acceptors (Lipinski definition) is 5. The molecule has 6 nitrogen and oxygen atoms in total. The Kier molecular flexibility index (Phi) is 50.1. The van der Waals surface area contributed by atoms with E-state index in [1.54, 1.807) is 6.08 Å². The van der Waals surface area contributed by atoms with E-state index in [2.05, 4.69) is 43.5 Å². The van der Waals surface area contributed by atoms with Crippen LogP contribution in [0.4, 0.5) is 0 Å². The van der Waals surface area contributed by atoms with Crippen molar-refractivity contribution in [2.24, 2.45) is 0 Å². The van der Waals surface area contributed by atoms with Crippen molar-refractivity contribution in [3.8, 4) is 0 Å². The molecule has 2 atom stereocenters. The van der Waals surface area contributed by atoms with Crippen molar-refractivity contribution in [1.82, 2.24) is 5.32 Å². The van der Waals surface area contributed by atoms with Gasteiger partial charge in [-0.05, 0) is 64.2 Å². The van der Waals surface area contributed by atoms with Crippen LogP contribution in [-0.2, 0) is 14.3 Å². The lowest BCUT2D eigenvalue weighted by Crippen LogP contribution is -2.45. The van der Waals surface area contributed by atoms with Gasteiger partial charge in [0.05, 0.1) is 25.4 Å². The Morgan fingerprint density at radius 2 is 0.806 bits per heavy atom. The first-order chi connectivity index (χ1) is 30.5. The molecule has 3 N–H and O–H groups in total. The fourth-order valence-corrected chi connectivity index (χ4v) is 8.19. The summed E-state index contributed by atoms with van der Waals surface area (Å²) in [6.45, 7) is 4.85. The number of unbranched alkanes of at least 4 members (excludes halogenated alkanes) is 35. The largest absolute Gasteiger partial charge is 0.466 e. The molecule has 0 aromatic rings. The van der Waals surface area contributed by atoms with Crippen LogP contribution in [0.3, 0.4) is 0 Å². The van der Waals surface area contributed by atoms with Crippen LogP contribution in [0.25, 0.3) is 0 Å². The Morgan fingerprint density at radius 3 is 1.26 bits per heavy atom. The van der Waals surface area contributed by atoms with Gasteiger partial charge in [0, 0.05) is 12.8 Å². The number of carbonyl (C=O) groups excluding carboxylic acids is 2. The SMILES string of the molecule is CCCCC/C=C\C/C=C\CCCCCCCC(=O)OCCCCCCCCCCCCCCCCCCCCC(=O)NC(CO)C(O)/C=C/CCCCCCCCCCCC. The van der Waals surface area contributed by atoms with Crippen molar-refractivity contribution in [3.63, 3.8) is 0 Å². The third-order valence-corrected chi connectivity index (χ3v) is 12.4. The maximum absolute atomic E-state index is 12.4. The van der Waals surface area contributed by atoms with E-state index in [1.807, 2.05) is 6.08 Å². The highest BCUT2D eigenvalue weighted by molar-refractivity contribution is 5.76. The number of ether oxygens (including phenoxy) is 1. The molecule has 0 rings (SSSR count). The van der Waals surface area contributed by atoms with E-state index in [1.165, 1.54) is 205 Å². The molecule has 2 unspecified atom stereocenters. The lowest BCUT2D eigenvalue weighted by Gasteiger charge is -2.20. The second-order valence-electron chi connectivity index (χ2n) is 18.6. The first kappa shape index (κ1) is 60.1. The van der Waals surface area contributed by atoms with Gasteiger partial charge < -0.3 is 20.3 Å². The summed E-state index contributed by atoms with van der Waals surface area (Å²) in [6, 6.07) is -0.630. The molecule has 1 amide bonds. The van der Waals surface area contributed by atoms with Crippen molar-refractivity contribution < 1.29 is 24.5 Å². The van der Waals surface area contributed by atoms with Gasteiger partial charge in [-0.25, -0.2) is 0 Å². The van der Waals surface area contributed by atoms with Crippen LogP contribution < -0.4 is 5.32 Å². The highest BCUT2D eigenvalue weighted by Gasteiger charge is 2.18. The Bertz CT molecular complexity index is 1010. The number of aliphatic hydroxyl groups excluding tert-OH is 2. The summed E-state index contributed by atoms with van der Waals surface area (Å²) in [5, 5.41) is 23.0. The molecule has 364 valence electrons. The minimum Gasteiger partial charge on any atom is -0.466 e. The van der Waals surface area contributed by atoms with E-state index >= 15 is 0 Å². The van der Waals surface area contributed by atoms with E-state index in [4.69, 9.17) is 4.74 Å². The maximum Gasteiger partial charge on any atom is 0.305 e. The molecule has 0 aliphatic rings. The molecule has 6 heteroatoms. The second-order valence-corrected chi connectivity index (χ2v) is 18.6. The molecule has 0 radical (unpaired) electrons. The highest BCUT2D eigenvalue weighted by Crippen LogP contribution is 2.16. The lowest BCUT2D eigenvalue weighted by molar-refractivity contribution is -0.143. The zero-order valence-electron chi connectivity index (χ0n) is 41.4. The third-order valence-electron chi connectivity index (χ3n) is 12.4. The van der Waals surface area contributed by atoms with Gasteiger partial charge in [0.2, 0.25) is 5.91 Å². The number of allylic oxidation sites excluding steroid dienone is 5. The van der Waals surface area contributed by atoms with Gasteiger partial charge in [-0.2, -0.15) is 0 Å². The van der Waals surface area contributed by atoms with Crippen LogP contribution in [0.15, 0.2) is 36.5 Å². The summed E-state index contributed by atoms with van der Waals surface area (Å²) in [4.78, 5) is 24.4. The molecule has 0 fully saturated rings. The molecular weight excluding hydrogens is 767 g/mol. The summed E-state index contributed by atoms with van der Waals surface area (Å²) in [7, 11) is 0. The van der Waals surface area contributed by atoms with Crippen molar-refractivity contribution in [3.05, 3.63) is 36.5 Å². The normalized spacial score (nSPS) is 12.9. The first-order valence-corrected chi connectivity index (χ1v) is 27.3. The number of esters is 1. The van der Waals surface area contributed by atoms with Crippen LogP contribution in [0.2, 0.25) is 0 Å². The Balaban J connectivity index is 3.43. The maximum atomic E-state index is 12.4. The number of carbonyl (C=O) groups is 2. The van der Waals surface area contributed by atoms with Gasteiger partial charge in [0.1, 0.15) is 0 Å². The first-order valence-electron chi connectivity index (χ1n) is 27.3. The molecule has 62 heavy (non-hydrogen) atoms. The quantitative estimate of drug-likeness (QED) is 0.0321. The molecule has 0 saturated heterocycles. The average Bonchev–Trinajstić information content (AvgIpc) is 3.27. The molecular formula is C56H105NO5. The molecule has 0 aromatic heterocycles. The Hall–Kier alpha value is -1.92. The number of nitrogens with one attached hydrogen (secondary N) is 1. The zero-order chi connectivity index (χ0) is 45.1. The van der Waals surface area contributed by atoms with Crippen LogP contribution in [-0.4, -0.2) is 47.4 Å². The Morgan fingerprint density at radius 1 is 0.452 bits per heavy atom. The van der Waals surface area contributed by atoms with Crippen molar-refractivity contribution in [1.29, 1.82) is 0 Å². The monoisotopic (exact) mass is 872 g/mol. The van der Waals surface area contributed by atoms with E-state index < -0.39 is 12.1 Å². The Labute approximate surface area is 385 Å². The zero-order valence-corrected chi connectivity index (χ0v) is 41.4. The molecule has 0 spiro atoms. The average molecular weight is 872 g/mol. The molecule has 0 heterocycles. The van der Waals surface area contributed by atoms with Crippen molar-refractivity contribution >= 4 is 11.9 Å². The second kappa shape index (κ2) is 51.7. The van der Waals surface area contributed by atoms with Gasteiger partial charge in [-0.3, -0.25) is 9.59 Å². The lowest BCUT2D eigenvalue weighted by atomic mass is 10.0. The molecule has 0 saturated carbocycles. The summed E-state index contributed by atoms with van der Waals surface area (Å²) >= 11 is 0. The van der Waals surface area contributed by atoms with Gasteiger partial charge in [0.25, 0.3) is 0 Å². The van der Waals surface area contributed by atoms with Crippen LogP contribution in [0.1, 0.15) is 284 Å². The van der Waals surface area contributed by atoms with Gasteiger partial charge in [-0.15, -0.1) is 0 Å². The molecule has 0 aliphatic carbocycles.